The molecule has 0 saturated heterocycles. The fourth-order valence-electron chi connectivity index (χ4n) is 0.142. The average molecular weight is 163 g/mol. The van der Waals surface area contributed by atoms with Crippen LogP contribution in [0.4, 0.5) is 0 Å². The summed E-state index contributed by atoms with van der Waals surface area (Å²) < 4.78 is 4.55. The van der Waals surface area contributed by atoms with Crippen molar-refractivity contribution >= 4 is 34.8 Å². The van der Waals surface area contributed by atoms with Crippen LogP contribution >= 0.6 is 34.8 Å². The lowest BCUT2D eigenvalue weighted by atomic mass is 10.9. The Morgan fingerprint density at radius 2 is 1.71 bits per heavy atom. The molecule has 1 unspecified atom stereocenters. The van der Waals surface area contributed by atoms with Crippen LogP contribution in [0, 0.1) is 0 Å². The van der Waals surface area contributed by atoms with E-state index in [4.69, 9.17) is 34.8 Å². The highest BCUT2D eigenvalue weighted by Crippen LogP contribution is 2.08. The van der Waals surface area contributed by atoms with Crippen LogP contribution in [0.5, 0.6) is 0 Å². The molecule has 0 fully saturated rings. The Bertz CT molecular complexity index is 39.4. The lowest BCUT2D eigenvalue weighted by Gasteiger charge is -2.03. The van der Waals surface area contributed by atoms with Gasteiger partial charge in [-0.25, -0.2) is 0 Å². The van der Waals surface area contributed by atoms with Gasteiger partial charge in [0.1, 0.15) is 5.56 Å². The van der Waals surface area contributed by atoms with Gasteiger partial charge >= 0.3 is 0 Å². The summed E-state index contributed by atoms with van der Waals surface area (Å²) in [5.74, 6) is 0. The molecule has 0 aliphatic heterocycles. The minimum atomic E-state index is -0.812. The van der Waals surface area contributed by atoms with Crippen molar-refractivity contribution in [2.75, 3.05) is 0 Å². The topological polar surface area (TPSA) is 9.23 Å². The van der Waals surface area contributed by atoms with Gasteiger partial charge in [-0.2, -0.15) is 0 Å². The zero-order valence-electron chi connectivity index (χ0n) is 3.70. The Kier molecular flexibility index (Phi) is 4.24. The summed E-state index contributed by atoms with van der Waals surface area (Å²) in [6.45, 7) is 1.64. The van der Waals surface area contributed by atoms with E-state index in [0.29, 0.717) is 0 Å². The SMILES string of the molecule is CC(Cl)OC(Cl)Cl. The molecule has 0 aliphatic carbocycles. The number of hydrogen-bond acceptors (Lipinski definition) is 1. The first-order valence-electron chi connectivity index (χ1n) is 1.70. The smallest absolute Gasteiger partial charge is 0.208 e. The van der Waals surface area contributed by atoms with Crippen molar-refractivity contribution in [2.45, 2.75) is 17.5 Å². The summed E-state index contributed by atoms with van der Waals surface area (Å²) in [6.07, 6.45) is 0. The quantitative estimate of drug-likeness (QED) is 0.568. The zero-order chi connectivity index (χ0) is 5.86. The molecule has 0 aromatic carbocycles. The molecule has 4 heteroatoms. The average Bonchev–Trinajstić information content (AvgIpc) is 1.27. The largest absolute Gasteiger partial charge is 0.330 e. The predicted octanol–water partition coefficient (Wildman–Crippen LogP) is 2.35. The molecule has 0 aliphatic rings. The van der Waals surface area contributed by atoms with Gasteiger partial charge in [0.15, 0.2) is 0 Å². The molecule has 0 bridgehead atoms. The summed E-state index contributed by atoms with van der Waals surface area (Å²) >= 11 is 15.5. The summed E-state index contributed by atoms with van der Waals surface area (Å²) in [4.78, 5) is 0. The molecule has 7 heavy (non-hydrogen) atoms. The highest BCUT2D eigenvalue weighted by Gasteiger charge is 2.00. The van der Waals surface area contributed by atoms with Crippen molar-refractivity contribution in [3.8, 4) is 0 Å². The minimum Gasteiger partial charge on any atom is -0.330 e. The molecule has 1 atom stereocenters. The van der Waals surface area contributed by atoms with Crippen molar-refractivity contribution in [1.82, 2.24) is 0 Å². The molecule has 0 spiro atoms. The standard InChI is InChI=1S/C3H5Cl3O/c1-2(4)7-3(5)6/h2-3H,1H3. The van der Waals surface area contributed by atoms with Gasteiger partial charge in [0.25, 0.3) is 0 Å². The lowest BCUT2D eigenvalue weighted by molar-refractivity contribution is 0.139. The maximum Gasteiger partial charge on any atom is 0.208 e. The fourth-order valence-corrected chi connectivity index (χ4v) is 0.659. The molecule has 1 nitrogen and oxygen atoms in total. The van der Waals surface area contributed by atoms with E-state index in [2.05, 4.69) is 4.74 Å². The van der Waals surface area contributed by atoms with Gasteiger partial charge in [0.05, 0.1) is 0 Å². The van der Waals surface area contributed by atoms with Crippen LogP contribution < -0.4 is 0 Å². The van der Waals surface area contributed by atoms with Crippen LogP contribution in [-0.2, 0) is 4.74 Å². The molecular formula is C3H5Cl3O. The van der Waals surface area contributed by atoms with Crippen molar-refractivity contribution in [1.29, 1.82) is 0 Å². The molecule has 44 valence electrons. The molecular weight excluding hydrogens is 158 g/mol. The third-order valence-electron chi connectivity index (χ3n) is 0.290. The highest BCUT2D eigenvalue weighted by molar-refractivity contribution is 6.43. The normalized spacial score (nSPS) is 15.0. The minimum absolute atomic E-state index is 0.417. The number of rotatable bonds is 2. The monoisotopic (exact) mass is 162 g/mol. The second-order valence-electron chi connectivity index (χ2n) is 0.940. The van der Waals surface area contributed by atoms with Gasteiger partial charge in [0.2, 0.25) is 5.02 Å². The predicted molar refractivity (Wildman–Crippen MR) is 31.9 cm³/mol. The van der Waals surface area contributed by atoms with Crippen LogP contribution in [0.2, 0.25) is 0 Å². The van der Waals surface area contributed by atoms with Crippen LogP contribution in [0.1, 0.15) is 6.92 Å². The van der Waals surface area contributed by atoms with Crippen LogP contribution in [-0.4, -0.2) is 10.6 Å². The molecule has 0 rings (SSSR count). The highest BCUT2D eigenvalue weighted by atomic mass is 35.5. The van der Waals surface area contributed by atoms with Gasteiger partial charge < -0.3 is 4.74 Å². The van der Waals surface area contributed by atoms with Crippen molar-refractivity contribution < 1.29 is 4.74 Å². The number of halogens is 3. The van der Waals surface area contributed by atoms with E-state index >= 15 is 0 Å². The van der Waals surface area contributed by atoms with E-state index in [1.165, 1.54) is 0 Å². The lowest BCUT2D eigenvalue weighted by Crippen LogP contribution is -2.02. The molecule has 0 aromatic heterocycles. The van der Waals surface area contributed by atoms with Crippen LogP contribution in [0.15, 0.2) is 0 Å². The van der Waals surface area contributed by atoms with E-state index in [1.807, 2.05) is 0 Å². The van der Waals surface area contributed by atoms with Gasteiger partial charge in [-0.15, -0.1) is 0 Å². The third kappa shape index (κ3) is 6.83. The fraction of sp³-hybridized carbons (Fsp3) is 1.00. The van der Waals surface area contributed by atoms with Gasteiger partial charge in [-0.05, 0) is 6.92 Å². The van der Waals surface area contributed by atoms with E-state index in [9.17, 15) is 0 Å². The van der Waals surface area contributed by atoms with Crippen molar-refractivity contribution in [2.24, 2.45) is 0 Å². The van der Waals surface area contributed by atoms with Crippen LogP contribution in [0.25, 0.3) is 0 Å². The molecule has 0 heterocycles. The van der Waals surface area contributed by atoms with Gasteiger partial charge in [-0.3, -0.25) is 0 Å². The number of ether oxygens (including phenoxy) is 1. The summed E-state index contributed by atoms with van der Waals surface area (Å²) in [6, 6.07) is 0. The number of hydrogen-bond donors (Lipinski definition) is 0. The Morgan fingerprint density at radius 1 is 1.29 bits per heavy atom. The molecule has 0 N–H and O–H groups in total. The number of alkyl halides is 3. The second-order valence-corrected chi connectivity index (χ2v) is 2.57. The Hall–Kier alpha value is 0.830. The molecule has 0 aromatic rings. The van der Waals surface area contributed by atoms with E-state index in [1.54, 1.807) is 6.92 Å². The Morgan fingerprint density at radius 3 is 1.71 bits per heavy atom. The van der Waals surface area contributed by atoms with E-state index < -0.39 is 10.6 Å². The van der Waals surface area contributed by atoms with E-state index in [-0.39, 0.29) is 0 Å². The van der Waals surface area contributed by atoms with Gasteiger partial charge in [-0.1, -0.05) is 34.8 Å². The molecule has 0 saturated carbocycles. The van der Waals surface area contributed by atoms with Gasteiger partial charge in [0, 0.05) is 0 Å². The second kappa shape index (κ2) is 3.79. The molecule has 0 radical (unpaired) electrons. The first-order valence-corrected chi connectivity index (χ1v) is 3.01. The van der Waals surface area contributed by atoms with Crippen molar-refractivity contribution in [3.05, 3.63) is 0 Å². The molecule has 0 amide bonds. The summed E-state index contributed by atoms with van der Waals surface area (Å²) in [5.41, 5.74) is -0.417. The first kappa shape index (κ1) is 7.83. The summed E-state index contributed by atoms with van der Waals surface area (Å²) in [7, 11) is 0. The first-order chi connectivity index (χ1) is 3.13. The summed E-state index contributed by atoms with van der Waals surface area (Å²) in [5, 5.41) is -0.812. The maximum atomic E-state index is 5.28. The van der Waals surface area contributed by atoms with E-state index in [0.717, 1.165) is 0 Å². The zero-order valence-corrected chi connectivity index (χ0v) is 5.96. The Labute approximate surface area is 57.5 Å². The Balaban J connectivity index is 2.95. The maximum absolute atomic E-state index is 5.28. The van der Waals surface area contributed by atoms with Crippen LogP contribution in [0.3, 0.4) is 0 Å². The third-order valence-corrected chi connectivity index (χ3v) is 0.599. The van der Waals surface area contributed by atoms with Crippen molar-refractivity contribution in [3.63, 3.8) is 0 Å².